The van der Waals surface area contributed by atoms with Crippen LogP contribution in [-0.4, -0.2) is 90.1 Å². The van der Waals surface area contributed by atoms with Crippen LogP contribution in [0.3, 0.4) is 0 Å². The van der Waals surface area contributed by atoms with Gasteiger partial charge in [0.2, 0.25) is 11.8 Å². The van der Waals surface area contributed by atoms with Gasteiger partial charge in [-0.15, -0.1) is 0 Å². The molecule has 3 saturated heterocycles. The molecule has 0 aromatic heterocycles. The van der Waals surface area contributed by atoms with Gasteiger partial charge in [-0.3, -0.25) is 9.59 Å². The van der Waals surface area contributed by atoms with Crippen LogP contribution in [0.5, 0.6) is 0 Å². The van der Waals surface area contributed by atoms with E-state index in [1.807, 2.05) is 34.9 Å². The van der Waals surface area contributed by atoms with Gasteiger partial charge in [0.25, 0.3) is 0 Å². The number of aryl methyl sites for hydroxylation is 1. The maximum Gasteiger partial charge on any atom is 0.407 e. The van der Waals surface area contributed by atoms with Gasteiger partial charge in [-0.1, -0.05) is 17.7 Å². The lowest BCUT2D eigenvalue weighted by atomic mass is 9.94. The zero-order valence-corrected chi connectivity index (χ0v) is 20.8. The third-order valence-corrected chi connectivity index (χ3v) is 8.12. The normalized spacial score (nSPS) is 23.3. The molecule has 3 heterocycles. The number of likely N-dealkylation sites (tertiary alicyclic amines) is 3. The molecule has 34 heavy (non-hydrogen) atoms. The monoisotopic (exact) mass is 490 g/mol. The van der Waals surface area contributed by atoms with Crippen molar-refractivity contribution >= 4 is 35.2 Å². The molecule has 4 rings (SSSR count). The van der Waals surface area contributed by atoms with Crippen LogP contribution in [0.2, 0.25) is 5.02 Å². The number of fused-ring (bicyclic) bond motifs is 1. The Kier molecular flexibility index (Phi) is 7.67. The quantitative estimate of drug-likeness (QED) is 0.662. The molecule has 0 aliphatic carbocycles. The molecule has 1 aromatic rings. The number of hydrogen-bond donors (Lipinski definition) is 1. The molecule has 186 valence electrons. The molecule has 2 atom stereocenters. The van der Waals surface area contributed by atoms with E-state index in [-0.39, 0.29) is 17.7 Å². The zero-order valence-electron chi connectivity index (χ0n) is 20.1. The lowest BCUT2D eigenvalue weighted by Crippen LogP contribution is -2.44. The van der Waals surface area contributed by atoms with Crippen molar-refractivity contribution in [2.45, 2.75) is 33.1 Å². The van der Waals surface area contributed by atoms with Crippen LogP contribution in [0, 0.1) is 24.7 Å². The Bertz CT molecular complexity index is 919. The molecule has 8 nitrogen and oxygen atoms in total. The van der Waals surface area contributed by atoms with E-state index in [0.717, 1.165) is 37.3 Å². The van der Waals surface area contributed by atoms with E-state index in [9.17, 15) is 19.5 Å². The Labute approximate surface area is 206 Å². The van der Waals surface area contributed by atoms with Gasteiger partial charge in [0.05, 0.1) is 0 Å². The van der Waals surface area contributed by atoms with Crippen molar-refractivity contribution in [3.8, 4) is 0 Å². The second kappa shape index (κ2) is 10.5. The summed E-state index contributed by atoms with van der Waals surface area (Å²) >= 11 is 6.39. The average molecular weight is 491 g/mol. The molecule has 3 aliphatic rings. The molecule has 3 aliphatic heterocycles. The van der Waals surface area contributed by atoms with E-state index >= 15 is 0 Å². The van der Waals surface area contributed by atoms with Crippen molar-refractivity contribution in [3.63, 3.8) is 0 Å². The molecule has 0 bridgehead atoms. The van der Waals surface area contributed by atoms with Crippen LogP contribution in [-0.2, 0) is 9.59 Å². The number of nitrogens with zero attached hydrogens (tertiary/aromatic N) is 4. The number of hydrogen-bond acceptors (Lipinski definition) is 4. The summed E-state index contributed by atoms with van der Waals surface area (Å²) in [6.45, 7) is 9.36. The van der Waals surface area contributed by atoms with Gasteiger partial charge in [-0.05, 0) is 62.3 Å². The Balaban J connectivity index is 1.36. The van der Waals surface area contributed by atoms with Crippen molar-refractivity contribution < 1.29 is 19.5 Å². The second-order valence-electron chi connectivity index (χ2n) is 10.0. The van der Waals surface area contributed by atoms with Crippen molar-refractivity contribution in [1.29, 1.82) is 0 Å². The number of benzene rings is 1. The van der Waals surface area contributed by atoms with Gasteiger partial charge >= 0.3 is 6.09 Å². The van der Waals surface area contributed by atoms with Crippen molar-refractivity contribution in [3.05, 3.63) is 28.8 Å². The first-order chi connectivity index (χ1) is 16.2. The van der Waals surface area contributed by atoms with E-state index in [1.54, 1.807) is 6.92 Å². The van der Waals surface area contributed by atoms with Gasteiger partial charge in [0, 0.05) is 69.4 Å². The van der Waals surface area contributed by atoms with Crippen LogP contribution in [0.25, 0.3) is 0 Å². The Morgan fingerprint density at radius 3 is 2.26 bits per heavy atom. The zero-order chi connectivity index (χ0) is 24.4. The smallest absolute Gasteiger partial charge is 0.407 e. The maximum absolute atomic E-state index is 13.6. The molecule has 3 amide bonds. The number of amides is 3. The minimum absolute atomic E-state index is 0.0647. The lowest BCUT2D eigenvalue weighted by molar-refractivity contribution is -0.133. The first-order valence-electron chi connectivity index (χ1n) is 12.3. The largest absolute Gasteiger partial charge is 0.465 e. The summed E-state index contributed by atoms with van der Waals surface area (Å²) in [7, 11) is 0. The number of carbonyl (C=O) groups is 3. The first kappa shape index (κ1) is 24.8. The number of carboxylic acid groups (broad SMARTS) is 1. The van der Waals surface area contributed by atoms with Crippen molar-refractivity contribution in [1.82, 2.24) is 14.7 Å². The van der Waals surface area contributed by atoms with Gasteiger partial charge in [-0.25, -0.2) is 4.79 Å². The maximum atomic E-state index is 13.6. The Morgan fingerprint density at radius 1 is 1.06 bits per heavy atom. The third-order valence-electron chi connectivity index (χ3n) is 7.71. The van der Waals surface area contributed by atoms with Crippen LogP contribution >= 0.6 is 11.6 Å². The average Bonchev–Trinajstić information content (AvgIpc) is 3.37. The molecular formula is C25H35ClN4O4. The summed E-state index contributed by atoms with van der Waals surface area (Å²) < 4.78 is 0. The van der Waals surface area contributed by atoms with Crippen LogP contribution in [0.15, 0.2) is 18.2 Å². The first-order valence-corrected chi connectivity index (χ1v) is 12.6. The number of carbonyl (C=O) groups excluding carboxylic acids is 2. The third kappa shape index (κ3) is 5.49. The molecular weight excluding hydrogens is 456 g/mol. The molecule has 9 heteroatoms. The van der Waals surface area contributed by atoms with Crippen molar-refractivity contribution in [2.75, 3.05) is 57.3 Å². The predicted molar refractivity (Wildman–Crippen MR) is 131 cm³/mol. The Hall–Kier alpha value is -2.32. The topological polar surface area (TPSA) is 84.4 Å². The highest BCUT2D eigenvalue weighted by Crippen LogP contribution is 2.32. The van der Waals surface area contributed by atoms with Gasteiger partial charge < -0.3 is 24.7 Å². The number of rotatable bonds is 6. The van der Waals surface area contributed by atoms with Crippen LogP contribution < -0.4 is 4.90 Å². The minimum atomic E-state index is -0.819. The van der Waals surface area contributed by atoms with E-state index < -0.39 is 6.09 Å². The van der Waals surface area contributed by atoms with Crippen molar-refractivity contribution in [2.24, 2.45) is 17.8 Å². The standard InChI is InChI=1S/C25H35ClN4O4/c1-17-4-5-22(12-23(17)26)30(24(32)19-6-10-28(11-7-19)18(2)31)9-3-8-27-13-20-15-29(25(33)34)16-21(20)14-27/h4-5,12,19-21H,3,6-11,13-16H2,1-2H3,(H,33,34). The summed E-state index contributed by atoms with van der Waals surface area (Å²) in [5.74, 6) is 0.907. The van der Waals surface area contributed by atoms with Gasteiger partial charge in [-0.2, -0.15) is 0 Å². The molecule has 1 aromatic carbocycles. The molecule has 2 unspecified atom stereocenters. The van der Waals surface area contributed by atoms with Crippen LogP contribution in [0.4, 0.5) is 10.5 Å². The molecule has 1 N–H and O–H groups in total. The SMILES string of the molecule is CC(=O)N1CCC(C(=O)N(CCCN2CC3CN(C(=O)O)CC3C2)c2ccc(C)c(Cl)c2)CC1. The van der Waals surface area contributed by atoms with E-state index in [4.69, 9.17) is 11.6 Å². The highest BCUT2D eigenvalue weighted by Gasteiger charge is 2.41. The molecule has 0 saturated carbocycles. The molecule has 0 spiro atoms. The fourth-order valence-corrected chi connectivity index (χ4v) is 5.83. The fourth-order valence-electron chi connectivity index (χ4n) is 5.66. The summed E-state index contributed by atoms with van der Waals surface area (Å²) in [5, 5.41) is 9.88. The summed E-state index contributed by atoms with van der Waals surface area (Å²) in [6.07, 6.45) is 1.39. The summed E-state index contributed by atoms with van der Waals surface area (Å²) in [4.78, 5) is 44.1. The lowest BCUT2D eigenvalue weighted by Gasteiger charge is -2.34. The summed E-state index contributed by atoms with van der Waals surface area (Å²) in [6, 6.07) is 5.79. The van der Waals surface area contributed by atoms with E-state index in [1.165, 1.54) is 4.90 Å². The fraction of sp³-hybridized carbons (Fsp3) is 0.640. The number of piperidine rings is 1. The number of halogens is 1. The van der Waals surface area contributed by atoms with Gasteiger partial charge in [0.15, 0.2) is 0 Å². The highest BCUT2D eigenvalue weighted by atomic mass is 35.5. The summed E-state index contributed by atoms with van der Waals surface area (Å²) in [5.41, 5.74) is 1.80. The molecule has 3 fully saturated rings. The predicted octanol–water partition coefficient (Wildman–Crippen LogP) is 3.17. The van der Waals surface area contributed by atoms with E-state index in [2.05, 4.69) is 4.90 Å². The second-order valence-corrected chi connectivity index (χ2v) is 10.4. The van der Waals surface area contributed by atoms with E-state index in [0.29, 0.717) is 62.4 Å². The number of anilines is 1. The Morgan fingerprint density at radius 2 is 1.71 bits per heavy atom. The minimum Gasteiger partial charge on any atom is -0.465 e. The molecule has 0 radical (unpaired) electrons. The van der Waals surface area contributed by atoms with Crippen LogP contribution in [0.1, 0.15) is 31.7 Å². The highest BCUT2D eigenvalue weighted by molar-refractivity contribution is 6.31. The van der Waals surface area contributed by atoms with Gasteiger partial charge in [0.1, 0.15) is 0 Å².